The first-order valence-electron chi connectivity index (χ1n) is 9.69. The third-order valence-corrected chi connectivity index (χ3v) is 6.05. The Labute approximate surface area is 192 Å². The summed E-state index contributed by atoms with van der Waals surface area (Å²) in [4.78, 5) is 12.8. The third kappa shape index (κ3) is 5.47. The van der Waals surface area contributed by atoms with Gasteiger partial charge in [0.05, 0.1) is 33.3 Å². The molecule has 3 aromatic carbocycles. The van der Waals surface area contributed by atoms with Gasteiger partial charge in [-0.1, -0.05) is 6.07 Å². The first-order valence-corrected chi connectivity index (χ1v) is 11.2. The molecule has 0 unspecified atom stereocenters. The van der Waals surface area contributed by atoms with Crippen molar-refractivity contribution in [3.05, 3.63) is 66.2 Å². The van der Waals surface area contributed by atoms with E-state index in [0.717, 1.165) is 0 Å². The van der Waals surface area contributed by atoms with Gasteiger partial charge < -0.3 is 24.3 Å². The minimum atomic E-state index is -3.92. The molecule has 3 rings (SSSR count). The van der Waals surface area contributed by atoms with Crippen LogP contribution in [0.3, 0.4) is 0 Å². The van der Waals surface area contributed by atoms with Crippen molar-refractivity contribution in [2.75, 3.05) is 38.5 Å². The van der Waals surface area contributed by atoms with E-state index in [1.54, 1.807) is 36.4 Å². The smallest absolute Gasteiger partial charge is 0.261 e. The average Bonchev–Trinajstić information content (AvgIpc) is 2.83. The summed E-state index contributed by atoms with van der Waals surface area (Å²) in [5.74, 6) is 1.21. The van der Waals surface area contributed by atoms with Crippen molar-refractivity contribution < 1.29 is 32.2 Å². The molecule has 0 aliphatic carbocycles. The van der Waals surface area contributed by atoms with Crippen molar-refractivity contribution in [3.63, 3.8) is 0 Å². The summed E-state index contributed by atoms with van der Waals surface area (Å²) in [5.41, 5.74) is 0.906. The Balaban J connectivity index is 1.83. The topological polar surface area (TPSA) is 112 Å². The van der Waals surface area contributed by atoms with Gasteiger partial charge in [0.15, 0.2) is 11.5 Å². The highest BCUT2D eigenvalue weighted by Gasteiger charge is 2.18. The van der Waals surface area contributed by atoms with Crippen molar-refractivity contribution in [3.8, 4) is 23.0 Å². The second-order valence-electron chi connectivity index (χ2n) is 6.73. The number of ether oxygens (including phenoxy) is 4. The number of anilines is 2. The summed E-state index contributed by atoms with van der Waals surface area (Å²) in [6, 6.07) is 15.3. The summed E-state index contributed by atoms with van der Waals surface area (Å²) >= 11 is 0. The molecule has 0 aliphatic rings. The number of hydrogen-bond donors (Lipinski definition) is 2. The molecule has 0 spiro atoms. The van der Waals surface area contributed by atoms with Gasteiger partial charge in [0.25, 0.3) is 15.9 Å². The number of rotatable bonds is 9. The molecule has 3 aromatic rings. The van der Waals surface area contributed by atoms with Gasteiger partial charge >= 0.3 is 0 Å². The molecular weight excluding hydrogens is 448 g/mol. The van der Waals surface area contributed by atoms with Crippen LogP contribution in [0, 0.1) is 0 Å². The SMILES string of the molecule is COc1ccc(NS(=O)(=O)c2cccc(C(=O)Nc3cc(OC)c(OC)c(OC)c3)c2)cc1. The molecule has 33 heavy (non-hydrogen) atoms. The maximum absolute atomic E-state index is 12.8. The summed E-state index contributed by atoms with van der Waals surface area (Å²) in [5, 5.41) is 2.72. The highest BCUT2D eigenvalue weighted by atomic mass is 32.2. The second kappa shape index (κ2) is 10.1. The van der Waals surface area contributed by atoms with E-state index in [1.807, 2.05) is 0 Å². The molecule has 10 heteroatoms. The number of hydrogen-bond acceptors (Lipinski definition) is 7. The Kier molecular flexibility index (Phi) is 7.29. The Morgan fingerprint density at radius 3 is 1.94 bits per heavy atom. The monoisotopic (exact) mass is 472 g/mol. The van der Waals surface area contributed by atoms with Crippen molar-refractivity contribution in [2.45, 2.75) is 4.90 Å². The number of benzene rings is 3. The van der Waals surface area contributed by atoms with Crippen LogP contribution < -0.4 is 29.0 Å². The van der Waals surface area contributed by atoms with Crippen molar-refractivity contribution >= 4 is 27.3 Å². The minimum Gasteiger partial charge on any atom is -0.497 e. The molecule has 0 bridgehead atoms. The van der Waals surface area contributed by atoms with Crippen LogP contribution in [0.25, 0.3) is 0 Å². The van der Waals surface area contributed by atoms with Gasteiger partial charge in [-0.3, -0.25) is 9.52 Å². The maximum atomic E-state index is 12.8. The van der Waals surface area contributed by atoms with E-state index in [0.29, 0.717) is 34.4 Å². The number of amides is 1. The number of carbonyl (C=O) groups is 1. The van der Waals surface area contributed by atoms with Crippen LogP contribution in [0.1, 0.15) is 10.4 Å². The van der Waals surface area contributed by atoms with Gasteiger partial charge in [-0.05, 0) is 42.5 Å². The first-order chi connectivity index (χ1) is 15.8. The molecule has 0 fully saturated rings. The number of methoxy groups -OCH3 is 4. The van der Waals surface area contributed by atoms with E-state index < -0.39 is 15.9 Å². The van der Waals surface area contributed by atoms with Crippen LogP contribution in [-0.2, 0) is 10.0 Å². The predicted octanol–water partition coefficient (Wildman–Crippen LogP) is 3.77. The fraction of sp³-hybridized carbons (Fsp3) is 0.174. The van der Waals surface area contributed by atoms with Crippen molar-refractivity contribution in [1.29, 1.82) is 0 Å². The summed E-state index contributed by atoms with van der Waals surface area (Å²) in [7, 11) is 2.01. The minimum absolute atomic E-state index is 0.0594. The summed E-state index contributed by atoms with van der Waals surface area (Å²) < 4.78 is 49.0. The highest BCUT2D eigenvalue weighted by molar-refractivity contribution is 7.92. The predicted molar refractivity (Wildman–Crippen MR) is 124 cm³/mol. The third-order valence-electron chi connectivity index (χ3n) is 4.67. The number of sulfonamides is 1. The Bertz CT molecular complexity index is 1220. The van der Waals surface area contributed by atoms with E-state index in [1.165, 1.54) is 52.7 Å². The van der Waals surface area contributed by atoms with Crippen LogP contribution in [0.2, 0.25) is 0 Å². The van der Waals surface area contributed by atoms with E-state index in [2.05, 4.69) is 10.0 Å². The Hall–Kier alpha value is -3.92. The van der Waals surface area contributed by atoms with Crippen LogP contribution in [0.5, 0.6) is 23.0 Å². The molecule has 0 radical (unpaired) electrons. The van der Waals surface area contributed by atoms with Crippen LogP contribution in [-0.4, -0.2) is 42.8 Å². The summed E-state index contributed by atoms with van der Waals surface area (Å²) in [6.45, 7) is 0. The average molecular weight is 473 g/mol. The Morgan fingerprint density at radius 1 is 0.758 bits per heavy atom. The largest absolute Gasteiger partial charge is 0.497 e. The van der Waals surface area contributed by atoms with Gasteiger partial charge in [0.2, 0.25) is 5.75 Å². The fourth-order valence-corrected chi connectivity index (χ4v) is 4.14. The lowest BCUT2D eigenvalue weighted by atomic mass is 10.2. The van der Waals surface area contributed by atoms with E-state index in [-0.39, 0.29) is 10.5 Å². The molecule has 0 aliphatic heterocycles. The second-order valence-corrected chi connectivity index (χ2v) is 8.41. The lowest BCUT2D eigenvalue weighted by molar-refractivity contribution is 0.102. The van der Waals surface area contributed by atoms with Gasteiger partial charge in [-0.15, -0.1) is 0 Å². The normalized spacial score (nSPS) is 10.8. The molecule has 0 aromatic heterocycles. The van der Waals surface area contributed by atoms with E-state index >= 15 is 0 Å². The molecule has 0 saturated heterocycles. The van der Waals surface area contributed by atoms with E-state index in [4.69, 9.17) is 18.9 Å². The van der Waals surface area contributed by atoms with Crippen molar-refractivity contribution in [2.24, 2.45) is 0 Å². The molecule has 0 saturated carbocycles. The molecule has 174 valence electrons. The standard InChI is InChI=1S/C23H24N2O7S/c1-29-18-10-8-16(9-11-18)25-33(27,28)19-7-5-6-15(12-19)23(26)24-17-13-20(30-2)22(32-4)21(14-17)31-3/h5-14,25H,1-4H3,(H,24,26). The maximum Gasteiger partial charge on any atom is 0.261 e. The first kappa shape index (κ1) is 23.7. The van der Waals surface area contributed by atoms with E-state index in [9.17, 15) is 13.2 Å². The lowest BCUT2D eigenvalue weighted by Gasteiger charge is -2.15. The van der Waals surface area contributed by atoms with Crippen molar-refractivity contribution in [1.82, 2.24) is 0 Å². The lowest BCUT2D eigenvalue weighted by Crippen LogP contribution is -2.16. The van der Waals surface area contributed by atoms with Gasteiger partial charge in [0.1, 0.15) is 5.75 Å². The van der Waals surface area contributed by atoms with Gasteiger partial charge in [-0.25, -0.2) is 8.42 Å². The van der Waals surface area contributed by atoms with Crippen LogP contribution in [0.4, 0.5) is 11.4 Å². The number of carbonyl (C=O) groups excluding carboxylic acids is 1. The molecule has 0 atom stereocenters. The number of nitrogens with one attached hydrogen (secondary N) is 2. The highest BCUT2D eigenvalue weighted by Crippen LogP contribution is 2.40. The van der Waals surface area contributed by atoms with Gasteiger partial charge in [-0.2, -0.15) is 0 Å². The fourth-order valence-electron chi connectivity index (χ4n) is 3.03. The van der Waals surface area contributed by atoms with Crippen LogP contribution >= 0.6 is 0 Å². The van der Waals surface area contributed by atoms with Gasteiger partial charge in [0, 0.05) is 29.1 Å². The molecule has 1 amide bonds. The molecular formula is C23H24N2O7S. The zero-order valence-electron chi connectivity index (χ0n) is 18.5. The molecule has 9 nitrogen and oxygen atoms in total. The summed E-state index contributed by atoms with van der Waals surface area (Å²) in [6.07, 6.45) is 0. The zero-order chi connectivity index (χ0) is 24.0. The Morgan fingerprint density at radius 2 is 1.39 bits per heavy atom. The van der Waals surface area contributed by atoms with Crippen LogP contribution in [0.15, 0.2) is 65.6 Å². The molecule has 2 N–H and O–H groups in total. The molecule has 0 heterocycles. The zero-order valence-corrected chi connectivity index (χ0v) is 19.4. The quantitative estimate of drug-likeness (QED) is 0.487.